The smallest absolute Gasteiger partial charge is 0.191 e. The number of nitrogens with zero attached hydrogens (tertiary/aromatic N) is 4. The van der Waals surface area contributed by atoms with Crippen LogP contribution in [0.3, 0.4) is 0 Å². The molecule has 2 N–H and O–H groups in total. The summed E-state index contributed by atoms with van der Waals surface area (Å²) in [7, 11) is 1.77. The van der Waals surface area contributed by atoms with Gasteiger partial charge in [0.15, 0.2) is 11.8 Å². The summed E-state index contributed by atoms with van der Waals surface area (Å²) in [6, 6.07) is 7.03. The van der Waals surface area contributed by atoms with Crippen LogP contribution in [0.15, 0.2) is 29.3 Å². The topological polar surface area (TPSA) is 67.1 Å². The highest BCUT2D eigenvalue weighted by atomic mass is 127. The van der Waals surface area contributed by atoms with Crippen molar-refractivity contribution in [3.05, 3.63) is 47.3 Å². The van der Waals surface area contributed by atoms with Gasteiger partial charge < -0.3 is 10.6 Å². The van der Waals surface area contributed by atoms with Gasteiger partial charge >= 0.3 is 0 Å². The molecule has 2 heterocycles. The van der Waals surface area contributed by atoms with Crippen LogP contribution in [-0.2, 0) is 24.8 Å². The minimum atomic E-state index is -0.221. The highest BCUT2D eigenvalue weighted by molar-refractivity contribution is 14.0. The molecule has 0 saturated heterocycles. The second-order valence-corrected chi connectivity index (χ2v) is 7.68. The maximum atomic E-state index is 13.6. The van der Waals surface area contributed by atoms with E-state index in [-0.39, 0.29) is 41.3 Å². The summed E-state index contributed by atoms with van der Waals surface area (Å²) in [5.41, 5.74) is 0.740. The van der Waals surface area contributed by atoms with Crippen molar-refractivity contribution in [1.82, 2.24) is 25.4 Å². The highest BCUT2D eigenvalue weighted by Crippen LogP contribution is 2.23. The molecule has 6 nitrogen and oxygen atoms in total. The number of aryl methyl sites for hydroxylation is 2. The predicted octanol–water partition coefficient (Wildman–Crippen LogP) is 3.06. The van der Waals surface area contributed by atoms with Crippen molar-refractivity contribution in [3.8, 4) is 0 Å². The van der Waals surface area contributed by atoms with Gasteiger partial charge in [-0.15, -0.1) is 24.0 Å². The van der Waals surface area contributed by atoms with Crippen molar-refractivity contribution in [1.29, 1.82) is 0 Å². The molecule has 1 aliphatic rings. The van der Waals surface area contributed by atoms with Gasteiger partial charge in [0.1, 0.15) is 11.6 Å². The van der Waals surface area contributed by atoms with Crippen LogP contribution in [0.1, 0.15) is 44.4 Å². The SMILES string of the molecule is CCc1nc2n(n1)CC(NC(=NC)NCC(C)(C)c1cccc(F)c1)CC2.I. The van der Waals surface area contributed by atoms with E-state index in [4.69, 9.17) is 0 Å². The maximum absolute atomic E-state index is 13.6. The zero-order valence-electron chi connectivity index (χ0n) is 17.0. The Morgan fingerprint density at radius 3 is 2.86 bits per heavy atom. The highest BCUT2D eigenvalue weighted by Gasteiger charge is 2.24. The van der Waals surface area contributed by atoms with Crippen molar-refractivity contribution in [2.24, 2.45) is 4.99 Å². The lowest BCUT2D eigenvalue weighted by Crippen LogP contribution is -2.49. The van der Waals surface area contributed by atoms with E-state index in [1.54, 1.807) is 19.2 Å². The van der Waals surface area contributed by atoms with Crippen LogP contribution in [0.4, 0.5) is 4.39 Å². The van der Waals surface area contributed by atoms with Gasteiger partial charge in [-0.05, 0) is 24.1 Å². The number of aliphatic imine (C=N–C) groups is 1. The van der Waals surface area contributed by atoms with Gasteiger partial charge in [-0.3, -0.25) is 4.99 Å². The van der Waals surface area contributed by atoms with Crippen molar-refractivity contribution in [2.45, 2.75) is 58.0 Å². The average molecular weight is 500 g/mol. The number of benzene rings is 1. The van der Waals surface area contributed by atoms with Crippen molar-refractivity contribution in [2.75, 3.05) is 13.6 Å². The quantitative estimate of drug-likeness (QED) is 0.377. The minimum Gasteiger partial charge on any atom is -0.356 e. The summed E-state index contributed by atoms with van der Waals surface area (Å²) in [6.45, 7) is 7.70. The molecule has 0 bridgehead atoms. The fraction of sp³-hybridized carbons (Fsp3) is 0.550. The van der Waals surface area contributed by atoms with Crippen LogP contribution in [-0.4, -0.2) is 40.4 Å². The van der Waals surface area contributed by atoms with Gasteiger partial charge in [0, 0.05) is 37.9 Å². The molecule has 0 aliphatic carbocycles. The number of nitrogens with one attached hydrogen (secondary N) is 2. The minimum absolute atomic E-state index is 0. The first-order valence-electron chi connectivity index (χ1n) is 9.57. The normalized spacial score (nSPS) is 16.9. The van der Waals surface area contributed by atoms with Gasteiger partial charge in [-0.25, -0.2) is 14.1 Å². The molecule has 28 heavy (non-hydrogen) atoms. The molecule has 2 aromatic rings. The second-order valence-electron chi connectivity index (χ2n) is 7.68. The summed E-state index contributed by atoms with van der Waals surface area (Å²) in [5.74, 6) is 2.52. The van der Waals surface area contributed by atoms with Gasteiger partial charge in [0.05, 0.1) is 6.54 Å². The van der Waals surface area contributed by atoms with Gasteiger partial charge in [0.25, 0.3) is 0 Å². The average Bonchev–Trinajstić information content (AvgIpc) is 3.07. The number of hydrogen-bond donors (Lipinski definition) is 2. The molecule has 0 radical (unpaired) electrons. The molecule has 154 valence electrons. The third-order valence-electron chi connectivity index (χ3n) is 5.09. The predicted molar refractivity (Wildman–Crippen MR) is 121 cm³/mol. The molecule has 1 aliphatic heterocycles. The summed E-state index contributed by atoms with van der Waals surface area (Å²) in [4.78, 5) is 8.91. The molecular weight excluding hydrogens is 470 g/mol. The van der Waals surface area contributed by atoms with Crippen LogP contribution in [0.25, 0.3) is 0 Å². The fourth-order valence-corrected chi connectivity index (χ4v) is 3.33. The molecule has 3 rings (SSSR count). The fourth-order valence-electron chi connectivity index (χ4n) is 3.33. The Bertz CT molecular complexity index is 817. The summed E-state index contributed by atoms with van der Waals surface area (Å²) in [6.07, 6.45) is 2.77. The Kier molecular flexibility index (Phi) is 7.79. The first kappa shape index (κ1) is 22.6. The van der Waals surface area contributed by atoms with E-state index in [0.717, 1.165) is 49.0 Å². The van der Waals surface area contributed by atoms with Crippen molar-refractivity contribution in [3.63, 3.8) is 0 Å². The summed E-state index contributed by atoms with van der Waals surface area (Å²) >= 11 is 0. The lowest BCUT2D eigenvalue weighted by Gasteiger charge is -2.29. The molecule has 1 unspecified atom stereocenters. The zero-order chi connectivity index (χ0) is 19.4. The lowest BCUT2D eigenvalue weighted by atomic mass is 9.84. The van der Waals surface area contributed by atoms with E-state index < -0.39 is 0 Å². The third kappa shape index (κ3) is 5.42. The van der Waals surface area contributed by atoms with Crippen molar-refractivity contribution < 1.29 is 4.39 Å². The lowest BCUT2D eigenvalue weighted by molar-refractivity contribution is 0.390. The number of halogens is 2. The standard InChI is InChI=1S/C20H29FN6.HI/c1-5-17-25-18-10-9-16(12-27(18)26-17)24-19(22-4)23-13-20(2,3)14-7-6-8-15(21)11-14;/h6-8,11,16H,5,9-10,12-13H2,1-4H3,(H2,22,23,24);1H. The van der Waals surface area contributed by atoms with Crippen LogP contribution in [0, 0.1) is 5.82 Å². The van der Waals surface area contributed by atoms with E-state index in [1.165, 1.54) is 6.07 Å². The van der Waals surface area contributed by atoms with Crippen LogP contribution in [0.2, 0.25) is 0 Å². The molecule has 0 fully saturated rings. The molecule has 0 saturated carbocycles. The van der Waals surface area contributed by atoms with Crippen molar-refractivity contribution >= 4 is 29.9 Å². The molecule has 1 aromatic heterocycles. The number of guanidine groups is 1. The Hall–Kier alpha value is -1.71. The van der Waals surface area contributed by atoms with E-state index in [0.29, 0.717) is 6.54 Å². The Labute approximate surface area is 183 Å². The van der Waals surface area contributed by atoms with E-state index in [1.807, 2.05) is 10.7 Å². The maximum Gasteiger partial charge on any atom is 0.191 e. The van der Waals surface area contributed by atoms with E-state index in [2.05, 4.69) is 46.5 Å². The van der Waals surface area contributed by atoms with E-state index >= 15 is 0 Å². The first-order valence-corrected chi connectivity index (χ1v) is 9.57. The second kappa shape index (κ2) is 9.67. The van der Waals surface area contributed by atoms with Crippen LogP contribution in [0.5, 0.6) is 0 Å². The Morgan fingerprint density at radius 1 is 1.39 bits per heavy atom. The molecule has 1 aromatic carbocycles. The Morgan fingerprint density at radius 2 is 2.18 bits per heavy atom. The van der Waals surface area contributed by atoms with Crippen LogP contribution < -0.4 is 10.6 Å². The Balaban J connectivity index is 0.00000280. The monoisotopic (exact) mass is 500 g/mol. The number of rotatable bonds is 5. The zero-order valence-corrected chi connectivity index (χ0v) is 19.3. The summed E-state index contributed by atoms with van der Waals surface area (Å²) in [5, 5.41) is 11.4. The van der Waals surface area contributed by atoms with Crippen LogP contribution >= 0.6 is 24.0 Å². The molecule has 0 spiro atoms. The third-order valence-corrected chi connectivity index (χ3v) is 5.09. The molecule has 8 heteroatoms. The van der Waals surface area contributed by atoms with Gasteiger partial charge in [0.2, 0.25) is 0 Å². The molecule has 1 atom stereocenters. The van der Waals surface area contributed by atoms with Gasteiger partial charge in [-0.1, -0.05) is 32.9 Å². The largest absolute Gasteiger partial charge is 0.356 e. The number of aromatic nitrogens is 3. The van der Waals surface area contributed by atoms with Gasteiger partial charge in [-0.2, -0.15) is 5.10 Å². The number of fused-ring (bicyclic) bond motifs is 1. The summed E-state index contributed by atoms with van der Waals surface area (Å²) < 4.78 is 15.6. The first-order chi connectivity index (χ1) is 12.9. The molecule has 0 amide bonds. The molecular formula is C20H30FIN6. The van der Waals surface area contributed by atoms with E-state index in [9.17, 15) is 4.39 Å². The number of hydrogen-bond acceptors (Lipinski definition) is 3.